The van der Waals surface area contributed by atoms with Gasteiger partial charge in [-0.25, -0.2) is 9.97 Å². The van der Waals surface area contributed by atoms with E-state index < -0.39 is 0 Å². The molecule has 2 aromatic carbocycles. The number of anilines is 1. The maximum absolute atomic E-state index is 6.27. The number of fused-ring (bicyclic) bond motifs is 2. The molecule has 0 radical (unpaired) electrons. The second-order valence-electron chi connectivity index (χ2n) is 7.57. The quantitative estimate of drug-likeness (QED) is 0.491. The summed E-state index contributed by atoms with van der Waals surface area (Å²) in [5.41, 5.74) is 8.70. The molecule has 1 unspecified atom stereocenters. The lowest BCUT2D eigenvalue weighted by Gasteiger charge is -2.24. The summed E-state index contributed by atoms with van der Waals surface area (Å²) in [6.45, 7) is 7.11. The molecular formula is C23H26N4OS. The van der Waals surface area contributed by atoms with Crippen molar-refractivity contribution in [3.05, 3.63) is 58.2 Å². The lowest BCUT2D eigenvalue weighted by molar-refractivity contribution is 0.244. The number of nitrogens with two attached hydrogens (primary N) is 1. The van der Waals surface area contributed by atoms with E-state index in [1.165, 1.54) is 26.8 Å². The summed E-state index contributed by atoms with van der Waals surface area (Å²) in [6, 6.07) is 12.7. The molecule has 0 bridgehead atoms. The molecule has 0 amide bonds. The van der Waals surface area contributed by atoms with Crippen molar-refractivity contribution in [3.63, 3.8) is 0 Å². The number of nitrogens with zero attached hydrogens (tertiary/aromatic N) is 3. The smallest absolute Gasteiger partial charge is 0.149 e. The summed E-state index contributed by atoms with van der Waals surface area (Å²) < 4.78 is 5.32. The Bertz CT molecular complexity index is 1200. The van der Waals surface area contributed by atoms with Gasteiger partial charge >= 0.3 is 0 Å². The van der Waals surface area contributed by atoms with Crippen molar-refractivity contribution in [1.82, 2.24) is 14.9 Å². The molecule has 0 aliphatic heterocycles. The first kappa shape index (κ1) is 19.6. The Labute approximate surface area is 175 Å². The minimum atomic E-state index is 0.0518. The molecule has 0 aliphatic carbocycles. The number of rotatable bonds is 5. The number of nitrogen functional groups attached to an aromatic ring is 1. The van der Waals surface area contributed by atoms with Crippen molar-refractivity contribution in [1.29, 1.82) is 0 Å². The molecule has 150 valence electrons. The van der Waals surface area contributed by atoms with Gasteiger partial charge in [0.15, 0.2) is 0 Å². The summed E-state index contributed by atoms with van der Waals surface area (Å²) in [6.07, 6.45) is 0. The molecule has 5 nitrogen and oxygen atoms in total. The lowest BCUT2D eigenvalue weighted by Crippen LogP contribution is -2.24. The predicted molar refractivity (Wildman–Crippen MR) is 122 cm³/mol. The van der Waals surface area contributed by atoms with E-state index in [0.717, 1.165) is 28.3 Å². The van der Waals surface area contributed by atoms with Gasteiger partial charge in [0.2, 0.25) is 0 Å². The first-order valence-corrected chi connectivity index (χ1v) is 10.5. The second-order valence-corrected chi connectivity index (χ2v) is 8.77. The van der Waals surface area contributed by atoms with Crippen LogP contribution in [0.3, 0.4) is 0 Å². The van der Waals surface area contributed by atoms with Crippen LogP contribution in [0.25, 0.3) is 21.0 Å². The normalized spacial score (nSPS) is 12.8. The Kier molecular flexibility index (Phi) is 5.15. The Morgan fingerprint density at radius 3 is 2.59 bits per heavy atom. The number of hydrogen-bond acceptors (Lipinski definition) is 6. The predicted octanol–water partition coefficient (Wildman–Crippen LogP) is 5.25. The largest absolute Gasteiger partial charge is 0.497 e. The maximum atomic E-state index is 6.27. The SMILES string of the molecule is COc1ccc2cc(CN(C)C(C)c3nc(N)c4c(C)c(C)sc4n3)ccc2c1. The molecule has 0 aliphatic rings. The summed E-state index contributed by atoms with van der Waals surface area (Å²) in [4.78, 5) is 13.9. The highest BCUT2D eigenvalue weighted by atomic mass is 32.1. The molecule has 29 heavy (non-hydrogen) atoms. The Morgan fingerprint density at radius 1 is 1.10 bits per heavy atom. The molecule has 0 saturated heterocycles. The molecule has 4 rings (SSSR count). The van der Waals surface area contributed by atoms with Crippen molar-refractivity contribution >= 4 is 38.1 Å². The maximum Gasteiger partial charge on any atom is 0.149 e. The van der Waals surface area contributed by atoms with Gasteiger partial charge < -0.3 is 10.5 Å². The number of benzene rings is 2. The van der Waals surface area contributed by atoms with Crippen molar-refractivity contribution < 1.29 is 4.74 Å². The third kappa shape index (κ3) is 3.66. The fourth-order valence-corrected chi connectivity index (χ4v) is 4.65. The van der Waals surface area contributed by atoms with Crippen molar-refractivity contribution in [2.75, 3.05) is 19.9 Å². The summed E-state index contributed by atoms with van der Waals surface area (Å²) in [5.74, 6) is 2.22. The zero-order valence-corrected chi connectivity index (χ0v) is 18.3. The van der Waals surface area contributed by atoms with E-state index in [0.29, 0.717) is 5.82 Å². The molecule has 0 spiro atoms. The van der Waals surface area contributed by atoms with Gasteiger partial charge in [-0.2, -0.15) is 0 Å². The van der Waals surface area contributed by atoms with E-state index in [1.807, 2.05) is 6.07 Å². The minimum Gasteiger partial charge on any atom is -0.497 e. The lowest BCUT2D eigenvalue weighted by atomic mass is 10.1. The van der Waals surface area contributed by atoms with Crippen LogP contribution in [0.15, 0.2) is 36.4 Å². The molecule has 2 heterocycles. The van der Waals surface area contributed by atoms with Gasteiger partial charge in [0, 0.05) is 11.4 Å². The second kappa shape index (κ2) is 7.61. The van der Waals surface area contributed by atoms with Crippen LogP contribution in [-0.2, 0) is 6.54 Å². The highest BCUT2D eigenvalue weighted by Gasteiger charge is 2.19. The summed E-state index contributed by atoms with van der Waals surface area (Å²) >= 11 is 1.68. The van der Waals surface area contributed by atoms with E-state index >= 15 is 0 Å². The Hall–Kier alpha value is -2.70. The average molecular weight is 407 g/mol. The van der Waals surface area contributed by atoms with Crippen LogP contribution >= 0.6 is 11.3 Å². The van der Waals surface area contributed by atoms with E-state index in [1.54, 1.807) is 18.4 Å². The zero-order valence-electron chi connectivity index (χ0n) is 17.5. The van der Waals surface area contributed by atoms with Crippen molar-refractivity contribution in [2.45, 2.75) is 33.4 Å². The van der Waals surface area contributed by atoms with Gasteiger partial charge in [0.05, 0.1) is 18.5 Å². The van der Waals surface area contributed by atoms with E-state index in [9.17, 15) is 0 Å². The van der Waals surface area contributed by atoms with E-state index in [-0.39, 0.29) is 6.04 Å². The van der Waals surface area contributed by atoms with Gasteiger partial charge in [-0.15, -0.1) is 11.3 Å². The van der Waals surface area contributed by atoms with Crippen LogP contribution < -0.4 is 10.5 Å². The molecule has 0 fully saturated rings. The molecule has 0 saturated carbocycles. The summed E-state index contributed by atoms with van der Waals surface area (Å²) in [5, 5.41) is 3.38. The van der Waals surface area contributed by atoms with E-state index in [2.05, 4.69) is 68.0 Å². The fourth-order valence-electron chi connectivity index (χ4n) is 3.61. The molecular weight excluding hydrogens is 380 g/mol. The standard InChI is InChI=1S/C23H26N4OS/c1-13-15(3)29-23-20(13)21(24)25-22(26-23)14(2)27(4)12-16-6-7-18-11-19(28-5)9-8-17(18)10-16/h6-11,14H,12H2,1-5H3,(H2,24,25,26). The monoisotopic (exact) mass is 406 g/mol. The van der Waals surface area contributed by atoms with Crippen LogP contribution in [0.4, 0.5) is 5.82 Å². The average Bonchev–Trinajstić information content (AvgIpc) is 3.00. The van der Waals surface area contributed by atoms with Crippen molar-refractivity contribution in [2.24, 2.45) is 0 Å². The van der Waals surface area contributed by atoms with Gasteiger partial charge in [-0.3, -0.25) is 4.90 Å². The van der Waals surface area contributed by atoms with Crippen LogP contribution in [-0.4, -0.2) is 29.0 Å². The van der Waals surface area contributed by atoms with Gasteiger partial charge in [0.1, 0.15) is 22.2 Å². The number of ether oxygens (including phenoxy) is 1. The van der Waals surface area contributed by atoms with Gasteiger partial charge in [0.25, 0.3) is 0 Å². The molecule has 1 atom stereocenters. The number of aromatic nitrogens is 2. The molecule has 2 aromatic heterocycles. The van der Waals surface area contributed by atoms with Crippen LogP contribution in [0, 0.1) is 13.8 Å². The molecule has 6 heteroatoms. The number of methoxy groups -OCH3 is 1. The van der Waals surface area contributed by atoms with E-state index in [4.69, 9.17) is 15.5 Å². The van der Waals surface area contributed by atoms with Crippen LogP contribution in [0.2, 0.25) is 0 Å². The van der Waals surface area contributed by atoms with Crippen molar-refractivity contribution in [3.8, 4) is 5.75 Å². The Morgan fingerprint density at radius 2 is 1.83 bits per heavy atom. The first-order chi connectivity index (χ1) is 13.9. The highest BCUT2D eigenvalue weighted by molar-refractivity contribution is 7.18. The molecule has 2 N–H and O–H groups in total. The topological polar surface area (TPSA) is 64.3 Å². The molecule has 4 aromatic rings. The fraction of sp³-hybridized carbons (Fsp3) is 0.304. The van der Waals surface area contributed by atoms with Crippen LogP contribution in [0.5, 0.6) is 5.75 Å². The zero-order chi connectivity index (χ0) is 20.7. The van der Waals surface area contributed by atoms with Gasteiger partial charge in [-0.05, 0) is 67.9 Å². The highest BCUT2D eigenvalue weighted by Crippen LogP contribution is 2.33. The third-order valence-corrected chi connectivity index (χ3v) is 6.75. The Balaban J connectivity index is 1.58. The summed E-state index contributed by atoms with van der Waals surface area (Å²) in [7, 11) is 3.79. The third-order valence-electron chi connectivity index (χ3n) is 5.65. The number of hydrogen-bond donors (Lipinski definition) is 1. The van der Waals surface area contributed by atoms with Crippen LogP contribution in [0.1, 0.15) is 34.8 Å². The number of aryl methyl sites for hydroxylation is 2. The number of thiophene rings is 1. The first-order valence-electron chi connectivity index (χ1n) is 9.67. The minimum absolute atomic E-state index is 0.0518. The van der Waals surface area contributed by atoms with Gasteiger partial charge in [-0.1, -0.05) is 18.2 Å².